The molecule has 0 amide bonds. The second-order valence-corrected chi connectivity index (χ2v) is 6.65. The molecule has 0 saturated carbocycles. The van der Waals surface area contributed by atoms with E-state index >= 15 is 0 Å². The summed E-state index contributed by atoms with van der Waals surface area (Å²) in [4.78, 5) is 24.9. The van der Waals surface area contributed by atoms with Gasteiger partial charge in [-0.2, -0.15) is 4.39 Å². The van der Waals surface area contributed by atoms with Crippen molar-refractivity contribution < 1.29 is 27.8 Å². The zero-order valence-electron chi connectivity index (χ0n) is 15.2. The van der Waals surface area contributed by atoms with Crippen LogP contribution in [0.15, 0.2) is 42.2 Å². The average molecular weight is 414 g/mol. The first-order chi connectivity index (χ1) is 13.8. The number of carbonyl (C=O) groups excluding carboxylic acids is 2. The van der Waals surface area contributed by atoms with Gasteiger partial charge in [0.2, 0.25) is 0 Å². The van der Waals surface area contributed by atoms with Crippen LogP contribution in [0.25, 0.3) is 16.0 Å². The Labute approximate surface area is 168 Å². The zero-order chi connectivity index (χ0) is 21.6. The van der Waals surface area contributed by atoms with Gasteiger partial charge < -0.3 is 9.47 Å². The van der Waals surface area contributed by atoms with Crippen LogP contribution in [0.3, 0.4) is 0 Å². The number of hydrogen-bond donors (Lipinski definition) is 0. The lowest BCUT2D eigenvalue weighted by atomic mass is 9.93. The standard InChI is InChI=1S/C20H12F2N2O4S/c1-11(3-4-12(2)21)13-7-16(20(26)28-10-24)14(17-5-6-18(22)29-17)8-15(13)19(25)27-9-23/h3-8H,1-2H3/b11-3?,12-4+. The highest BCUT2D eigenvalue weighted by molar-refractivity contribution is 7.13. The number of halogens is 2. The monoisotopic (exact) mass is 414 g/mol. The van der Waals surface area contributed by atoms with Crippen molar-refractivity contribution in [2.45, 2.75) is 13.8 Å². The van der Waals surface area contributed by atoms with Crippen LogP contribution in [0, 0.1) is 28.2 Å². The van der Waals surface area contributed by atoms with E-state index in [1.54, 1.807) is 6.92 Å². The number of nitriles is 2. The normalized spacial score (nSPS) is 11.4. The first kappa shape index (κ1) is 21.5. The average Bonchev–Trinajstić information content (AvgIpc) is 3.11. The molecule has 0 atom stereocenters. The van der Waals surface area contributed by atoms with Crippen LogP contribution < -0.4 is 0 Å². The molecule has 0 aliphatic rings. The van der Waals surface area contributed by atoms with Crippen molar-refractivity contribution in [1.29, 1.82) is 10.5 Å². The Morgan fingerprint density at radius 1 is 1.00 bits per heavy atom. The van der Waals surface area contributed by atoms with E-state index in [9.17, 15) is 18.4 Å². The van der Waals surface area contributed by atoms with Crippen molar-refractivity contribution >= 4 is 28.8 Å². The summed E-state index contributed by atoms with van der Waals surface area (Å²) in [5.41, 5.74) is 0.390. The zero-order valence-corrected chi connectivity index (χ0v) is 16.0. The minimum absolute atomic E-state index is 0.109. The maximum Gasteiger partial charge on any atom is 0.354 e. The maximum atomic E-state index is 13.5. The van der Waals surface area contributed by atoms with Gasteiger partial charge in [0.05, 0.1) is 17.0 Å². The molecular formula is C20H12F2N2O4S. The molecule has 0 spiro atoms. The van der Waals surface area contributed by atoms with E-state index < -0.39 is 22.9 Å². The van der Waals surface area contributed by atoms with Gasteiger partial charge in [-0.05, 0) is 55.3 Å². The smallest absolute Gasteiger partial charge is 0.347 e. The Bertz CT molecular complexity index is 1120. The van der Waals surface area contributed by atoms with Gasteiger partial charge in [0.1, 0.15) is 0 Å². The van der Waals surface area contributed by atoms with E-state index in [4.69, 9.17) is 10.5 Å². The first-order valence-electron chi connectivity index (χ1n) is 7.93. The van der Waals surface area contributed by atoms with Gasteiger partial charge in [0, 0.05) is 10.4 Å². The van der Waals surface area contributed by atoms with E-state index in [0.717, 1.165) is 6.08 Å². The molecule has 0 aliphatic carbocycles. The summed E-state index contributed by atoms with van der Waals surface area (Å²) in [6.45, 7) is 2.76. The van der Waals surface area contributed by atoms with Crippen LogP contribution in [0.5, 0.6) is 0 Å². The molecule has 1 aromatic heterocycles. The fourth-order valence-corrected chi connectivity index (χ4v) is 3.21. The van der Waals surface area contributed by atoms with Crippen molar-refractivity contribution in [3.63, 3.8) is 0 Å². The van der Waals surface area contributed by atoms with Gasteiger partial charge in [0.15, 0.2) is 5.13 Å². The molecule has 9 heteroatoms. The maximum absolute atomic E-state index is 13.5. The molecule has 6 nitrogen and oxygen atoms in total. The number of rotatable bonds is 5. The van der Waals surface area contributed by atoms with Crippen molar-refractivity contribution in [2.75, 3.05) is 0 Å². The summed E-state index contributed by atoms with van der Waals surface area (Å²) in [7, 11) is 0. The number of hydrogen-bond acceptors (Lipinski definition) is 7. The quantitative estimate of drug-likeness (QED) is 0.383. The summed E-state index contributed by atoms with van der Waals surface area (Å²) in [5.74, 6) is -2.54. The molecule has 0 aliphatic heterocycles. The van der Waals surface area contributed by atoms with E-state index in [-0.39, 0.29) is 27.1 Å². The van der Waals surface area contributed by atoms with Gasteiger partial charge in [-0.15, -0.1) is 21.9 Å². The van der Waals surface area contributed by atoms with Crippen LogP contribution in [-0.2, 0) is 9.47 Å². The Morgan fingerprint density at radius 3 is 2.14 bits per heavy atom. The van der Waals surface area contributed by atoms with Crippen LogP contribution in [0.2, 0.25) is 0 Å². The molecule has 0 unspecified atom stereocenters. The number of benzene rings is 1. The second-order valence-electron chi connectivity index (χ2n) is 5.61. The van der Waals surface area contributed by atoms with Crippen LogP contribution in [-0.4, -0.2) is 11.9 Å². The highest BCUT2D eigenvalue weighted by atomic mass is 32.1. The van der Waals surface area contributed by atoms with Gasteiger partial charge in [-0.1, -0.05) is 6.08 Å². The Morgan fingerprint density at radius 2 is 1.62 bits per heavy atom. The summed E-state index contributed by atoms with van der Waals surface area (Å²) < 4.78 is 35.4. The second kappa shape index (κ2) is 9.40. The summed E-state index contributed by atoms with van der Waals surface area (Å²) in [5, 5.41) is 16.8. The lowest BCUT2D eigenvalue weighted by Gasteiger charge is -2.13. The fraction of sp³-hybridized carbons (Fsp3) is 0.100. The van der Waals surface area contributed by atoms with Gasteiger partial charge in [-0.3, -0.25) is 0 Å². The highest BCUT2D eigenvalue weighted by Gasteiger charge is 2.24. The summed E-state index contributed by atoms with van der Waals surface area (Å²) in [6.07, 6.45) is 5.04. The number of allylic oxidation sites excluding steroid dienone is 4. The summed E-state index contributed by atoms with van der Waals surface area (Å²) >= 11 is 0.705. The van der Waals surface area contributed by atoms with Crippen molar-refractivity contribution in [1.82, 2.24) is 0 Å². The van der Waals surface area contributed by atoms with E-state index in [0.29, 0.717) is 16.9 Å². The van der Waals surface area contributed by atoms with E-state index in [1.165, 1.54) is 49.8 Å². The minimum Gasteiger partial charge on any atom is -0.347 e. The number of carbonyl (C=O) groups is 2. The molecule has 2 rings (SSSR count). The van der Waals surface area contributed by atoms with Crippen molar-refractivity contribution in [3.8, 4) is 23.0 Å². The number of thiophene rings is 1. The molecule has 1 heterocycles. The Kier molecular flexibility index (Phi) is 6.96. The molecule has 0 fully saturated rings. The third-order valence-corrected chi connectivity index (χ3v) is 4.61. The first-order valence-corrected chi connectivity index (χ1v) is 8.75. The molecular weight excluding hydrogens is 402 g/mol. The molecule has 0 bridgehead atoms. The Balaban J connectivity index is 2.83. The molecule has 0 saturated heterocycles. The molecule has 0 N–H and O–H groups in total. The molecule has 2 aromatic rings. The molecule has 0 radical (unpaired) electrons. The minimum atomic E-state index is -1.03. The third-order valence-electron chi connectivity index (χ3n) is 3.70. The van der Waals surface area contributed by atoms with Crippen molar-refractivity contribution in [3.05, 3.63) is 64.1 Å². The van der Waals surface area contributed by atoms with Crippen LogP contribution in [0.4, 0.5) is 8.78 Å². The van der Waals surface area contributed by atoms with Crippen LogP contribution >= 0.6 is 11.3 Å². The SMILES string of the molecule is CC(=C/C=C(\C)F)c1cc(C(=O)OC#N)c(-c2ccc(F)s2)cc1C(=O)OC#N. The predicted molar refractivity (Wildman–Crippen MR) is 100 cm³/mol. The predicted octanol–water partition coefficient (Wildman–Crippen LogP) is 5.11. The largest absolute Gasteiger partial charge is 0.354 e. The van der Waals surface area contributed by atoms with E-state index in [2.05, 4.69) is 9.47 Å². The molecule has 29 heavy (non-hydrogen) atoms. The molecule has 1 aromatic carbocycles. The lowest BCUT2D eigenvalue weighted by molar-refractivity contribution is 0.0671. The fourth-order valence-electron chi connectivity index (χ4n) is 2.45. The van der Waals surface area contributed by atoms with Crippen molar-refractivity contribution in [2.24, 2.45) is 0 Å². The molecule has 146 valence electrons. The number of nitrogens with zero attached hydrogens (tertiary/aromatic N) is 2. The number of esters is 2. The van der Waals surface area contributed by atoms with Gasteiger partial charge >= 0.3 is 11.9 Å². The van der Waals surface area contributed by atoms with Gasteiger partial charge in [0.25, 0.3) is 12.5 Å². The number of ether oxygens (including phenoxy) is 2. The van der Waals surface area contributed by atoms with Crippen LogP contribution in [0.1, 0.15) is 40.1 Å². The van der Waals surface area contributed by atoms with Gasteiger partial charge in [-0.25, -0.2) is 14.0 Å². The Hall–Kier alpha value is -3.82. The third kappa shape index (κ3) is 5.12. The summed E-state index contributed by atoms with van der Waals surface area (Å²) in [6, 6.07) is 5.03. The lowest BCUT2D eigenvalue weighted by Crippen LogP contribution is -2.10. The topological polar surface area (TPSA) is 100 Å². The van der Waals surface area contributed by atoms with E-state index in [1.807, 2.05) is 0 Å². The highest BCUT2D eigenvalue weighted by Crippen LogP contribution is 2.35.